The van der Waals surface area contributed by atoms with Crippen LogP contribution in [0.2, 0.25) is 0 Å². The van der Waals surface area contributed by atoms with Crippen molar-refractivity contribution in [2.24, 2.45) is 0 Å². The first-order valence-corrected chi connectivity index (χ1v) is 8.58. The Morgan fingerprint density at radius 3 is 2.57 bits per heavy atom. The molecule has 23 heavy (non-hydrogen) atoms. The normalized spacial score (nSPS) is 21.3. The predicted octanol–water partition coefficient (Wildman–Crippen LogP) is 1.82. The van der Waals surface area contributed by atoms with Gasteiger partial charge in [0, 0.05) is 44.2 Å². The number of amides is 2. The molecule has 0 radical (unpaired) electrons. The minimum Gasteiger partial charge on any atom is -0.711 e. The number of carbonyl (C=O) groups is 1. The maximum atomic E-state index is 12.9. The minimum absolute atomic E-state index is 0.0185. The molecule has 2 saturated heterocycles. The number of rotatable bonds is 3. The topological polar surface area (TPSA) is 53.7 Å². The molecule has 3 rings (SSSR count). The molecule has 0 unspecified atom stereocenters. The number of aromatic nitrogens is 1. The lowest BCUT2D eigenvalue weighted by molar-refractivity contribution is -0.591. The summed E-state index contributed by atoms with van der Waals surface area (Å²) in [6, 6.07) is 6.05. The van der Waals surface area contributed by atoms with Gasteiger partial charge in [0.05, 0.1) is 12.7 Å². The van der Waals surface area contributed by atoms with Gasteiger partial charge < -0.3 is 15.0 Å². The monoisotopic (exact) mass is 318 g/mol. The van der Waals surface area contributed by atoms with Crippen LogP contribution in [0.5, 0.6) is 0 Å². The van der Waals surface area contributed by atoms with Crippen molar-refractivity contribution in [3.63, 3.8) is 0 Å². The molecule has 6 heteroatoms. The van der Waals surface area contributed by atoms with Crippen LogP contribution in [-0.4, -0.2) is 54.1 Å². The summed E-state index contributed by atoms with van der Waals surface area (Å²) in [5, 5.41) is 12.0. The van der Waals surface area contributed by atoms with Crippen LogP contribution >= 0.6 is 0 Å². The van der Waals surface area contributed by atoms with Crippen molar-refractivity contribution in [1.29, 1.82) is 0 Å². The number of urea groups is 1. The Hall–Kier alpha value is -1.82. The average Bonchev–Trinajstić information content (AvgIpc) is 2.56. The lowest BCUT2D eigenvalue weighted by Crippen LogP contribution is -2.58. The molecule has 2 aliphatic heterocycles. The third kappa shape index (κ3) is 3.27. The summed E-state index contributed by atoms with van der Waals surface area (Å²) >= 11 is 0. The molecule has 2 amide bonds. The third-order valence-electron chi connectivity index (χ3n) is 5.01. The molecule has 6 nitrogen and oxygen atoms in total. The van der Waals surface area contributed by atoms with Gasteiger partial charge in [-0.25, -0.2) is 9.52 Å². The zero-order valence-electron chi connectivity index (χ0n) is 14.0. The quantitative estimate of drug-likeness (QED) is 0.631. The van der Waals surface area contributed by atoms with Crippen molar-refractivity contribution >= 4 is 11.8 Å². The lowest BCUT2D eigenvalue weighted by Gasteiger charge is -2.41. The minimum atomic E-state index is -0.0185. The Labute approximate surface area is 137 Å². The number of hydrogen-bond acceptors (Lipinski definition) is 3. The van der Waals surface area contributed by atoms with Gasteiger partial charge in [-0.3, -0.25) is 0 Å². The first kappa shape index (κ1) is 16.1. The fourth-order valence-corrected chi connectivity index (χ4v) is 3.64. The van der Waals surface area contributed by atoms with Gasteiger partial charge in [0.25, 0.3) is 5.82 Å². The van der Waals surface area contributed by atoms with E-state index in [9.17, 15) is 10.0 Å². The van der Waals surface area contributed by atoms with Crippen LogP contribution in [0.1, 0.15) is 33.1 Å². The second-order valence-corrected chi connectivity index (χ2v) is 6.73. The van der Waals surface area contributed by atoms with Gasteiger partial charge in [-0.2, -0.15) is 4.90 Å². The van der Waals surface area contributed by atoms with E-state index >= 15 is 0 Å². The van der Waals surface area contributed by atoms with Crippen LogP contribution in [0.4, 0.5) is 10.6 Å². The van der Waals surface area contributed by atoms with E-state index in [2.05, 4.69) is 18.7 Å². The lowest BCUT2D eigenvalue weighted by atomic mass is 10.0. The Morgan fingerprint density at radius 1 is 1.17 bits per heavy atom. The smallest absolute Gasteiger partial charge is 0.411 e. The molecule has 126 valence electrons. The summed E-state index contributed by atoms with van der Waals surface area (Å²) in [6.07, 6.45) is 4.39. The standard InChI is InChI=1S/C17H26N4O2/c1-14(2)18-12-7-15(8-13-18)19-9-5-10-20(17(19)22)16-6-3-4-11-21(16)23/h3-4,6,11,14-15H,5,7-10,12-13H2,1-2H3. The number of nitrogens with zero attached hydrogens (tertiary/aromatic N) is 4. The highest BCUT2D eigenvalue weighted by atomic mass is 16.5. The zero-order valence-corrected chi connectivity index (χ0v) is 14.0. The number of pyridine rings is 1. The molecule has 0 aromatic carbocycles. The Morgan fingerprint density at radius 2 is 1.91 bits per heavy atom. The van der Waals surface area contributed by atoms with Crippen LogP contribution in [0, 0.1) is 5.21 Å². The number of anilines is 1. The molecule has 0 saturated carbocycles. The van der Waals surface area contributed by atoms with Crippen LogP contribution < -0.4 is 9.63 Å². The fraction of sp³-hybridized carbons (Fsp3) is 0.647. The average molecular weight is 318 g/mol. The number of hydrogen-bond donors (Lipinski definition) is 0. The SMILES string of the molecule is CC(C)N1CCC(N2CCCN(c3cccc[n+]3[O-])C2=O)CC1. The largest absolute Gasteiger partial charge is 0.711 e. The van der Waals surface area contributed by atoms with Gasteiger partial charge in [-0.1, -0.05) is 6.07 Å². The second-order valence-electron chi connectivity index (χ2n) is 6.73. The molecule has 3 heterocycles. The summed E-state index contributed by atoms with van der Waals surface area (Å²) < 4.78 is 0.781. The molecule has 0 N–H and O–H groups in total. The molecule has 1 aromatic heterocycles. The van der Waals surface area contributed by atoms with Gasteiger partial charge in [-0.15, -0.1) is 0 Å². The highest BCUT2D eigenvalue weighted by Gasteiger charge is 2.38. The van der Waals surface area contributed by atoms with E-state index in [1.54, 1.807) is 23.1 Å². The van der Waals surface area contributed by atoms with E-state index in [1.807, 2.05) is 4.90 Å². The second kappa shape index (κ2) is 6.74. The summed E-state index contributed by atoms with van der Waals surface area (Å²) in [5.41, 5.74) is 0. The molecule has 2 fully saturated rings. The van der Waals surface area contributed by atoms with E-state index in [0.717, 1.165) is 43.6 Å². The zero-order chi connectivity index (χ0) is 16.4. The van der Waals surface area contributed by atoms with Crippen LogP contribution in [-0.2, 0) is 0 Å². The van der Waals surface area contributed by atoms with Crippen LogP contribution in [0.15, 0.2) is 24.4 Å². The number of carbonyl (C=O) groups excluding carboxylic acids is 1. The highest BCUT2D eigenvalue weighted by molar-refractivity contribution is 5.91. The summed E-state index contributed by atoms with van der Waals surface area (Å²) in [6.45, 7) is 7.94. The van der Waals surface area contributed by atoms with Crippen molar-refractivity contribution < 1.29 is 9.52 Å². The van der Waals surface area contributed by atoms with Gasteiger partial charge in [0.15, 0.2) is 0 Å². The van der Waals surface area contributed by atoms with Gasteiger partial charge in [-0.05, 0) is 32.8 Å². The molecule has 0 bridgehead atoms. The summed E-state index contributed by atoms with van der Waals surface area (Å²) in [4.78, 5) is 19.0. The molecular formula is C17H26N4O2. The van der Waals surface area contributed by atoms with E-state index in [4.69, 9.17) is 0 Å². The van der Waals surface area contributed by atoms with Crippen molar-refractivity contribution in [2.45, 2.75) is 45.2 Å². The van der Waals surface area contributed by atoms with Crippen LogP contribution in [0.25, 0.3) is 0 Å². The molecule has 0 spiro atoms. The fourth-order valence-electron chi connectivity index (χ4n) is 3.64. The maximum absolute atomic E-state index is 12.9. The number of piperidine rings is 1. The first-order valence-electron chi connectivity index (χ1n) is 8.58. The Balaban J connectivity index is 1.70. The van der Waals surface area contributed by atoms with Crippen molar-refractivity contribution in [2.75, 3.05) is 31.1 Å². The van der Waals surface area contributed by atoms with E-state index in [-0.39, 0.29) is 6.03 Å². The molecule has 0 atom stereocenters. The Kier molecular flexibility index (Phi) is 4.71. The number of likely N-dealkylation sites (tertiary alicyclic amines) is 1. The molecular weight excluding hydrogens is 292 g/mol. The molecule has 0 aliphatic carbocycles. The summed E-state index contributed by atoms with van der Waals surface area (Å²) in [5.74, 6) is 0.432. The van der Waals surface area contributed by atoms with E-state index in [0.29, 0.717) is 24.4 Å². The van der Waals surface area contributed by atoms with Crippen molar-refractivity contribution in [3.8, 4) is 0 Å². The van der Waals surface area contributed by atoms with Gasteiger partial charge in [0.1, 0.15) is 0 Å². The highest BCUT2D eigenvalue weighted by Crippen LogP contribution is 2.24. The van der Waals surface area contributed by atoms with Gasteiger partial charge in [0.2, 0.25) is 0 Å². The van der Waals surface area contributed by atoms with Gasteiger partial charge >= 0.3 is 6.03 Å². The third-order valence-corrected chi connectivity index (χ3v) is 5.01. The maximum Gasteiger partial charge on any atom is 0.411 e. The summed E-state index contributed by atoms with van der Waals surface area (Å²) in [7, 11) is 0. The van der Waals surface area contributed by atoms with Crippen molar-refractivity contribution in [3.05, 3.63) is 29.6 Å². The Bertz CT molecular complexity index is 555. The van der Waals surface area contributed by atoms with Crippen LogP contribution in [0.3, 0.4) is 0 Å². The van der Waals surface area contributed by atoms with Crippen molar-refractivity contribution in [1.82, 2.24) is 9.80 Å². The predicted molar refractivity (Wildman–Crippen MR) is 89.2 cm³/mol. The van der Waals surface area contributed by atoms with E-state index in [1.165, 1.54) is 6.20 Å². The first-order chi connectivity index (χ1) is 11.1. The molecule has 1 aromatic rings. The van der Waals surface area contributed by atoms with E-state index < -0.39 is 0 Å². The molecule has 2 aliphatic rings.